The molecule has 0 spiro atoms. The fourth-order valence-electron chi connectivity index (χ4n) is 2.26. The Balaban J connectivity index is 1.71. The van der Waals surface area contributed by atoms with Crippen molar-refractivity contribution in [2.75, 3.05) is 10.6 Å². The first-order valence-electron chi connectivity index (χ1n) is 7.44. The van der Waals surface area contributed by atoms with Crippen LogP contribution in [0.5, 0.6) is 0 Å². The van der Waals surface area contributed by atoms with E-state index in [-0.39, 0.29) is 5.82 Å². The van der Waals surface area contributed by atoms with Gasteiger partial charge in [-0.15, -0.1) is 0 Å². The summed E-state index contributed by atoms with van der Waals surface area (Å²) >= 11 is 5.96. The van der Waals surface area contributed by atoms with Gasteiger partial charge in [0.1, 0.15) is 23.8 Å². The van der Waals surface area contributed by atoms with Gasteiger partial charge >= 0.3 is 0 Å². The minimum Gasteiger partial charge on any atom is -0.366 e. The number of aryl methyl sites for hydroxylation is 1. The molecule has 2 N–H and O–H groups in total. The van der Waals surface area contributed by atoms with Crippen LogP contribution < -0.4 is 10.6 Å². The molecule has 0 radical (unpaired) electrons. The largest absolute Gasteiger partial charge is 0.366 e. The molecule has 0 saturated heterocycles. The first kappa shape index (κ1) is 16.2. The lowest BCUT2D eigenvalue weighted by molar-refractivity contribution is 0.613. The standard InChI is InChI=1S/C18H16ClFN4/c1-12-8-14(19)6-7-16(12)24-18-9-17(22-11-23-18)21-10-13-4-2-3-5-15(13)20/h2-9,11H,10H2,1H3,(H2,21,22,23,24). The van der Waals surface area contributed by atoms with E-state index in [0.717, 1.165) is 11.3 Å². The number of hydrogen-bond acceptors (Lipinski definition) is 4. The van der Waals surface area contributed by atoms with Crippen LogP contribution in [0.1, 0.15) is 11.1 Å². The van der Waals surface area contributed by atoms with Crippen LogP contribution in [0.15, 0.2) is 54.9 Å². The lowest BCUT2D eigenvalue weighted by atomic mass is 10.2. The SMILES string of the molecule is Cc1cc(Cl)ccc1Nc1cc(NCc2ccccc2F)ncn1. The molecule has 0 aliphatic carbocycles. The van der Waals surface area contributed by atoms with Crippen LogP contribution in [0, 0.1) is 12.7 Å². The minimum atomic E-state index is -0.241. The molecule has 6 heteroatoms. The number of anilines is 3. The molecule has 1 heterocycles. The molecule has 0 fully saturated rings. The van der Waals surface area contributed by atoms with Gasteiger partial charge in [-0.3, -0.25) is 0 Å². The van der Waals surface area contributed by atoms with E-state index in [9.17, 15) is 4.39 Å². The molecule has 122 valence electrons. The molecule has 4 nitrogen and oxygen atoms in total. The first-order valence-corrected chi connectivity index (χ1v) is 7.82. The predicted octanol–water partition coefficient (Wildman–Crippen LogP) is 4.93. The van der Waals surface area contributed by atoms with Crippen LogP contribution in [0.2, 0.25) is 5.02 Å². The Kier molecular flexibility index (Phi) is 4.91. The van der Waals surface area contributed by atoms with E-state index in [1.807, 2.05) is 25.1 Å². The van der Waals surface area contributed by atoms with Gasteiger partial charge in [-0.1, -0.05) is 29.8 Å². The molecular weight excluding hydrogens is 327 g/mol. The summed E-state index contributed by atoms with van der Waals surface area (Å²) in [6.45, 7) is 2.32. The Morgan fingerprint density at radius 1 is 1.04 bits per heavy atom. The van der Waals surface area contributed by atoms with Crippen LogP contribution >= 0.6 is 11.6 Å². The molecule has 0 aliphatic heterocycles. The highest BCUT2D eigenvalue weighted by Gasteiger charge is 2.04. The summed E-state index contributed by atoms with van der Waals surface area (Å²) < 4.78 is 13.6. The van der Waals surface area contributed by atoms with Gasteiger partial charge in [0, 0.05) is 28.9 Å². The van der Waals surface area contributed by atoms with Crippen LogP contribution in [0.4, 0.5) is 21.7 Å². The highest BCUT2D eigenvalue weighted by Crippen LogP contribution is 2.23. The molecule has 3 rings (SSSR count). The monoisotopic (exact) mass is 342 g/mol. The molecule has 3 aromatic rings. The first-order chi connectivity index (χ1) is 11.6. The summed E-state index contributed by atoms with van der Waals surface area (Å²) in [6, 6.07) is 14.0. The molecule has 24 heavy (non-hydrogen) atoms. The van der Waals surface area contributed by atoms with Gasteiger partial charge < -0.3 is 10.6 Å². The smallest absolute Gasteiger partial charge is 0.135 e. The van der Waals surface area contributed by atoms with Gasteiger partial charge in [0.05, 0.1) is 0 Å². The van der Waals surface area contributed by atoms with Gasteiger partial charge in [-0.05, 0) is 36.8 Å². The summed E-state index contributed by atoms with van der Waals surface area (Å²) in [7, 11) is 0. The van der Waals surface area contributed by atoms with E-state index in [1.54, 1.807) is 24.3 Å². The molecular formula is C18H16ClFN4. The van der Waals surface area contributed by atoms with Crippen molar-refractivity contribution in [3.05, 3.63) is 76.8 Å². The third-order valence-electron chi connectivity index (χ3n) is 3.54. The van der Waals surface area contributed by atoms with Crippen molar-refractivity contribution in [3.8, 4) is 0 Å². The highest BCUT2D eigenvalue weighted by atomic mass is 35.5. The third kappa shape index (κ3) is 4.00. The Hall–Kier alpha value is -2.66. The van der Waals surface area contributed by atoms with Crippen LogP contribution in [-0.2, 0) is 6.54 Å². The second-order valence-electron chi connectivity index (χ2n) is 5.32. The maximum absolute atomic E-state index is 13.6. The fourth-order valence-corrected chi connectivity index (χ4v) is 2.48. The van der Waals surface area contributed by atoms with Gasteiger partial charge in [-0.25, -0.2) is 14.4 Å². The summed E-state index contributed by atoms with van der Waals surface area (Å²) in [6.07, 6.45) is 1.46. The Morgan fingerprint density at radius 3 is 2.62 bits per heavy atom. The quantitative estimate of drug-likeness (QED) is 0.690. The molecule has 0 saturated carbocycles. The van der Waals surface area contributed by atoms with E-state index < -0.39 is 0 Å². The number of rotatable bonds is 5. The molecule has 2 aromatic carbocycles. The zero-order valence-corrected chi connectivity index (χ0v) is 13.8. The molecule has 0 bridgehead atoms. The second-order valence-corrected chi connectivity index (χ2v) is 5.75. The van der Waals surface area contributed by atoms with Crippen LogP contribution in [0.25, 0.3) is 0 Å². The lowest BCUT2D eigenvalue weighted by Gasteiger charge is -2.11. The minimum absolute atomic E-state index is 0.241. The average molecular weight is 343 g/mol. The lowest BCUT2D eigenvalue weighted by Crippen LogP contribution is -2.04. The Labute approximate surface area is 144 Å². The number of halogens is 2. The van der Waals surface area contributed by atoms with Gasteiger partial charge in [0.2, 0.25) is 0 Å². The summed E-state index contributed by atoms with van der Waals surface area (Å²) in [5, 5.41) is 7.01. The van der Waals surface area contributed by atoms with E-state index >= 15 is 0 Å². The fraction of sp³-hybridized carbons (Fsp3) is 0.111. The number of benzene rings is 2. The van der Waals surface area contributed by atoms with Gasteiger partial charge in [-0.2, -0.15) is 0 Å². The maximum atomic E-state index is 13.6. The van der Waals surface area contributed by atoms with Crippen LogP contribution in [-0.4, -0.2) is 9.97 Å². The number of nitrogens with zero attached hydrogens (tertiary/aromatic N) is 2. The number of aromatic nitrogens is 2. The van der Waals surface area contributed by atoms with Crippen molar-refractivity contribution in [1.29, 1.82) is 0 Å². The molecule has 0 unspecified atom stereocenters. The van der Waals surface area contributed by atoms with Gasteiger partial charge in [0.15, 0.2) is 0 Å². The number of hydrogen-bond donors (Lipinski definition) is 2. The molecule has 1 aromatic heterocycles. The van der Waals surface area contributed by atoms with Crippen molar-refractivity contribution in [2.24, 2.45) is 0 Å². The number of nitrogens with one attached hydrogen (secondary N) is 2. The summed E-state index contributed by atoms with van der Waals surface area (Å²) in [5.74, 6) is 1.02. The van der Waals surface area contributed by atoms with Crippen molar-refractivity contribution in [3.63, 3.8) is 0 Å². The van der Waals surface area contributed by atoms with Crippen molar-refractivity contribution in [2.45, 2.75) is 13.5 Å². The van der Waals surface area contributed by atoms with Crippen molar-refractivity contribution >= 4 is 28.9 Å². The second kappa shape index (κ2) is 7.27. The molecule has 0 amide bonds. The van der Waals surface area contributed by atoms with E-state index in [0.29, 0.717) is 28.8 Å². The van der Waals surface area contributed by atoms with Crippen LogP contribution in [0.3, 0.4) is 0 Å². The average Bonchev–Trinajstić information content (AvgIpc) is 2.57. The molecule has 0 aliphatic rings. The third-order valence-corrected chi connectivity index (χ3v) is 3.77. The zero-order valence-electron chi connectivity index (χ0n) is 13.1. The van der Waals surface area contributed by atoms with E-state index in [2.05, 4.69) is 20.6 Å². The van der Waals surface area contributed by atoms with E-state index in [1.165, 1.54) is 12.4 Å². The maximum Gasteiger partial charge on any atom is 0.135 e. The van der Waals surface area contributed by atoms with Gasteiger partial charge in [0.25, 0.3) is 0 Å². The summed E-state index contributed by atoms with van der Waals surface area (Å²) in [5.41, 5.74) is 2.51. The normalized spacial score (nSPS) is 10.5. The van der Waals surface area contributed by atoms with E-state index in [4.69, 9.17) is 11.6 Å². The predicted molar refractivity (Wildman–Crippen MR) is 95.2 cm³/mol. The van der Waals surface area contributed by atoms with Crippen molar-refractivity contribution < 1.29 is 4.39 Å². The highest BCUT2D eigenvalue weighted by molar-refractivity contribution is 6.30. The Bertz CT molecular complexity index is 854. The van der Waals surface area contributed by atoms with Crippen molar-refractivity contribution in [1.82, 2.24) is 9.97 Å². The summed E-state index contributed by atoms with van der Waals surface area (Å²) in [4.78, 5) is 8.36. The Morgan fingerprint density at radius 2 is 1.83 bits per heavy atom. The molecule has 0 atom stereocenters. The zero-order chi connectivity index (χ0) is 16.9. The topological polar surface area (TPSA) is 49.8 Å².